The van der Waals surface area contributed by atoms with Crippen molar-refractivity contribution in [3.63, 3.8) is 0 Å². The number of thioether (sulfide) groups is 1. The molecule has 2 amide bonds. The number of thiazole rings is 1. The van der Waals surface area contributed by atoms with Crippen LogP contribution in [-0.4, -0.2) is 29.7 Å². The number of halogens is 1. The van der Waals surface area contributed by atoms with E-state index in [1.54, 1.807) is 55.8 Å². The first-order chi connectivity index (χ1) is 14.4. The molecule has 0 fully saturated rings. The van der Waals surface area contributed by atoms with E-state index in [0.29, 0.717) is 32.7 Å². The molecule has 0 unspecified atom stereocenters. The van der Waals surface area contributed by atoms with Gasteiger partial charge >= 0.3 is 0 Å². The summed E-state index contributed by atoms with van der Waals surface area (Å²) in [7, 11) is 1.58. The van der Waals surface area contributed by atoms with Gasteiger partial charge in [-0.05, 0) is 48.9 Å². The molecule has 9 heteroatoms. The number of ether oxygens (including phenoxy) is 1. The van der Waals surface area contributed by atoms with Crippen LogP contribution in [0.15, 0.2) is 52.2 Å². The first kappa shape index (κ1) is 21.8. The molecule has 0 bridgehead atoms. The average Bonchev–Trinajstić information content (AvgIpc) is 3.17. The van der Waals surface area contributed by atoms with Gasteiger partial charge in [0.05, 0.1) is 25.0 Å². The fourth-order valence-electron chi connectivity index (χ4n) is 2.47. The second-order valence-electron chi connectivity index (χ2n) is 6.36. The van der Waals surface area contributed by atoms with Crippen molar-refractivity contribution >= 4 is 46.3 Å². The van der Waals surface area contributed by atoms with Gasteiger partial charge in [0.2, 0.25) is 11.8 Å². The zero-order valence-electron chi connectivity index (χ0n) is 16.4. The molecule has 0 spiro atoms. The molecule has 1 heterocycles. The average molecular weight is 446 g/mol. The summed E-state index contributed by atoms with van der Waals surface area (Å²) >= 11 is 2.67. The maximum atomic E-state index is 13.6. The summed E-state index contributed by atoms with van der Waals surface area (Å²) in [6.07, 6.45) is 0.0740. The number of hydrogen-bond acceptors (Lipinski definition) is 6. The molecule has 0 radical (unpaired) electrons. The van der Waals surface area contributed by atoms with Gasteiger partial charge in [-0.3, -0.25) is 9.59 Å². The number of benzene rings is 2. The summed E-state index contributed by atoms with van der Waals surface area (Å²) in [6, 6.07) is 11.6. The number of nitrogens with one attached hydrogen (secondary N) is 2. The first-order valence-electron chi connectivity index (χ1n) is 9.00. The van der Waals surface area contributed by atoms with Crippen LogP contribution in [0.3, 0.4) is 0 Å². The van der Waals surface area contributed by atoms with Crippen LogP contribution >= 0.6 is 23.1 Å². The zero-order chi connectivity index (χ0) is 21.5. The van der Waals surface area contributed by atoms with Gasteiger partial charge < -0.3 is 15.4 Å². The zero-order valence-corrected chi connectivity index (χ0v) is 18.0. The van der Waals surface area contributed by atoms with Crippen LogP contribution in [0.5, 0.6) is 5.75 Å². The third-order valence-corrected chi connectivity index (χ3v) is 6.10. The van der Waals surface area contributed by atoms with E-state index in [1.165, 1.54) is 29.2 Å². The largest absolute Gasteiger partial charge is 0.497 e. The van der Waals surface area contributed by atoms with E-state index in [0.717, 1.165) is 0 Å². The SMILES string of the molecule is COc1ccc(NC(=O)CSc2nc(CC(=O)Nc3ccc(C)c(F)c3)cs2)cc1. The van der Waals surface area contributed by atoms with E-state index in [1.807, 2.05) is 0 Å². The Morgan fingerprint density at radius 3 is 2.50 bits per heavy atom. The lowest BCUT2D eigenvalue weighted by Gasteiger charge is -2.05. The van der Waals surface area contributed by atoms with Crippen molar-refractivity contribution in [1.82, 2.24) is 4.98 Å². The number of rotatable bonds is 8. The molecule has 30 heavy (non-hydrogen) atoms. The van der Waals surface area contributed by atoms with Crippen molar-refractivity contribution in [2.45, 2.75) is 17.7 Å². The lowest BCUT2D eigenvalue weighted by molar-refractivity contribution is -0.116. The van der Waals surface area contributed by atoms with Crippen LogP contribution in [0.4, 0.5) is 15.8 Å². The number of amides is 2. The van der Waals surface area contributed by atoms with Crippen molar-refractivity contribution in [3.05, 3.63) is 64.9 Å². The highest BCUT2D eigenvalue weighted by Crippen LogP contribution is 2.24. The predicted octanol–water partition coefficient (Wildman–Crippen LogP) is 4.51. The molecular weight excluding hydrogens is 425 g/mol. The summed E-state index contributed by atoms with van der Waals surface area (Å²) in [4.78, 5) is 28.6. The molecule has 0 aliphatic rings. The van der Waals surface area contributed by atoms with Crippen molar-refractivity contribution in [2.75, 3.05) is 23.5 Å². The smallest absolute Gasteiger partial charge is 0.234 e. The van der Waals surface area contributed by atoms with Crippen molar-refractivity contribution < 1.29 is 18.7 Å². The Bertz CT molecular complexity index is 1040. The minimum Gasteiger partial charge on any atom is -0.497 e. The van der Waals surface area contributed by atoms with Gasteiger partial charge in [0.1, 0.15) is 11.6 Å². The molecule has 1 aromatic heterocycles. The molecule has 3 aromatic rings. The van der Waals surface area contributed by atoms with Crippen LogP contribution in [0.1, 0.15) is 11.3 Å². The quantitative estimate of drug-likeness (QED) is 0.499. The second kappa shape index (κ2) is 10.2. The lowest BCUT2D eigenvalue weighted by atomic mass is 10.2. The Labute approximate surface area is 181 Å². The maximum absolute atomic E-state index is 13.6. The Morgan fingerprint density at radius 1 is 1.10 bits per heavy atom. The third-order valence-electron chi connectivity index (χ3n) is 4.03. The minimum absolute atomic E-state index is 0.0740. The van der Waals surface area contributed by atoms with E-state index in [4.69, 9.17) is 4.74 Å². The van der Waals surface area contributed by atoms with Crippen molar-refractivity contribution in [2.24, 2.45) is 0 Å². The summed E-state index contributed by atoms with van der Waals surface area (Å²) in [5.74, 6) is 0.120. The first-order valence-corrected chi connectivity index (χ1v) is 10.9. The Morgan fingerprint density at radius 2 is 1.80 bits per heavy atom. The third kappa shape index (κ3) is 6.30. The second-order valence-corrected chi connectivity index (χ2v) is 8.44. The molecule has 0 aliphatic carbocycles. The highest BCUT2D eigenvalue weighted by atomic mass is 32.2. The Balaban J connectivity index is 1.46. The predicted molar refractivity (Wildman–Crippen MR) is 118 cm³/mol. The molecule has 0 aliphatic heterocycles. The highest BCUT2D eigenvalue weighted by molar-refractivity contribution is 8.01. The number of aromatic nitrogens is 1. The van der Waals surface area contributed by atoms with E-state index in [9.17, 15) is 14.0 Å². The van der Waals surface area contributed by atoms with Crippen molar-refractivity contribution in [3.8, 4) is 5.75 Å². The fraction of sp³-hybridized carbons (Fsp3) is 0.190. The van der Waals surface area contributed by atoms with Gasteiger partial charge in [0.15, 0.2) is 4.34 Å². The van der Waals surface area contributed by atoms with Gasteiger partial charge in [0.25, 0.3) is 0 Å². The molecule has 2 N–H and O–H groups in total. The van der Waals surface area contributed by atoms with Crippen LogP contribution < -0.4 is 15.4 Å². The molecular formula is C21H20FN3O3S2. The van der Waals surface area contributed by atoms with Gasteiger partial charge in [-0.2, -0.15) is 0 Å². The van der Waals surface area contributed by atoms with Gasteiger partial charge in [0, 0.05) is 16.8 Å². The van der Waals surface area contributed by atoms with Crippen molar-refractivity contribution in [1.29, 1.82) is 0 Å². The number of carbonyl (C=O) groups excluding carboxylic acids is 2. The van der Waals surface area contributed by atoms with E-state index in [2.05, 4.69) is 15.6 Å². The molecule has 0 saturated heterocycles. The molecule has 6 nitrogen and oxygen atoms in total. The molecule has 3 rings (SSSR count). The summed E-state index contributed by atoms with van der Waals surface area (Å²) in [5.41, 5.74) is 2.21. The number of nitrogens with zero attached hydrogens (tertiary/aromatic N) is 1. The van der Waals surface area contributed by atoms with Crippen LogP contribution in [0.25, 0.3) is 0 Å². The van der Waals surface area contributed by atoms with Gasteiger partial charge in [-0.15, -0.1) is 11.3 Å². The normalized spacial score (nSPS) is 10.5. The maximum Gasteiger partial charge on any atom is 0.234 e. The molecule has 2 aromatic carbocycles. The number of aryl methyl sites for hydroxylation is 1. The number of carbonyl (C=O) groups is 2. The standard InChI is InChI=1S/C21H20FN3O3S2/c1-13-3-4-15(9-18(13)22)24-19(26)10-16-11-29-21(25-16)30-12-20(27)23-14-5-7-17(28-2)8-6-14/h3-9,11H,10,12H2,1-2H3,(H,23,27)(H,24,26). The van der Waals surface area contributed by atoms with E-state index in [-0.39, 0.29) is 29.8 Å². The number of anilines is 2. The summed E-state index contributed by atoms with van der Waals surface area (Å²) < 4.78 is 19.4. The van der Waals surface area contributed by atoms with Crippen LogP contribution in [0.2, 0.25) is 0 Å². The molecule has 0 saturated carbocycles. The monoisotopic (exact) mass is 445 g/mol. The summed E-state index contributed by atoms with van der Waals surface area (Å²) in [5, 5.41) is 7.24. The topological polar surface area (TPSA) is 80.3 Å². The highest BCUT2D eigenvalue weighted by Gasteiger charge is 2.11. The molecule has 156 valence electrons. The molecule has 0 atom stereocenters. The minimum atomic E-state index is -0.368. The number of hydrogen-bond donors (Lipinski definition) is 2. The van der Waals surface area contributed by atoms with Gasteiger partial charge in [-0.1, -0.05) is 17.8 Å². The Kier molecular flexibility index (Phi) is 7.42. The number of methoxy groups -OCH3 is 1. The van der Waals surface area contributed by atoms with Crippen LogP contribution in [0, 0.1) is 12.7 Å². The van der Waals surface area contributed by atoms with Crippen LogP contribution in [-0.2, 0) is 16.0 Å². The fourth-order valence-corrected chi connectivity index (χ4v) is 4.12. The Hall–Kier alpha value is -2.91. The van der Waals surface area contributed by atoms with E-state index < -0.39 is 0 Å². The lowest BCUT2D eigenvalue weighted by Crippen LogP contribution is -2.15. The summed E-state index contributed by atoms with van der Waals surface area (Å²) in [6.45, 7) is 1.66. The van der Waals surface area contributed by atoms with E-state index >= 15 is 0 Å². The van der Waals surface area contributed by atoms with Gasteiger partial charge in [-0.25, -0.2) is 9.37 Å².